The van der Waals surface area contributed by atoms with E-state index in [0.717, 1.165) is 24.6 Å². The molecule has 144 valence electrons. The van der Waals surface area contributed by atoms with Gasteiger partial charge in [0.25, 0.3) is 0 Å². The summed E-state index contributed by atoms with van der Waals surface area (Å²) in [5, 5.41) is 12.5. The number of hydrogen-bond acceptors (Lipinski definition) is 4. The molecule has 1 N–H and O–H groups in total. The predicted molar refractivity (Wildman–Crippen MR) is 111 cm³/mol. The van der Waals surface area contributed by atoms with Gasteiger partial charge in [0.15, 0.2) is 10.9 Å². The van der Waals surface area contributed by atoms with E-state index in [1.165, 1.54) is 30.0 Å². The van der Waals surface area contributed by atoms with E-state index < -0.39 is 11.6 Å². The maximum atomic E-state index is 14.7. The lowest BCUT2D eigenvalue weighted by Crippen LogP contribution is -2.52. The number of halogens is 3. The van der Waals surface area contributed by atoms with Gasteiger partial charge < -0.3 is 10.0 Å². The molecule has 27 heavy (non-hydrogen) atoms. The second kappa shape index (κ2) is 8.29. The maximum absolute atomic E-state index is 14.7. The molecule has 1 fully saturated rings. The summed E-state index contributed by atoms with van der Waals surface area (Å²) in [4.78, 5) is 6.49. The Morgan fingerprint density at radius 3 is 2.56 bits per heavy atom. The van der Waals surface area contributed by atoms with Crippen LogP contribution < -0.4 is 0 Å². The van der Waals surface area contributed by atoms with Gasteiger partial charge in [-0.05, 0) is 36.6 Å². The predicted octanol–water partition coefficient (Wildman–Crippen LogP) is 4.56. The van der Waals surface area contributed by atoms with Crippen molar-refractivity contribution in [2.75, 3.05) is 18.8 Å². The van der Waals surface area contributed by atoms with Crippen molar-refractivity contribution >= 4 is 33.9 Å². The summed E-state index contributed by atoms with van der Waals surface area (Å²) >= 11 is 1.50. The van der Waals surface area contributed by atoms with Crippen LogP contribution in [0.2, 0.25) is 0 Å². The fourth-order valence-electron chi connectivity index (χ4n) is 3.77. The van der Waals surface area contributed by atoms with Gasteiger partial charge in [-0.25, -0.2) is 8.78 Å². The van der Waals surface area contributed by atoms with Crippen molar-refractivity contribution in [2.24, 2.45) is 4.99 Å². The van der Waals surface area contributed by atoms with Crippen molar-refractivity contribution in [1.82, 2.24) is 4.90 Å². The number of fused-ring (bicyclic) bond motifs is 1. The molecule has 0 amide bonds. The first-order valence-electron chi connectivity index (χ1n) is 8.77. The van der Waals surface area contributed by atoms with Gasteiger partial charge in [0, 0.05) is 24.4 Å². The quantitative estimate of drug-likeness (QED) is 0.737. The minimum atomic E-state index is -1.31. The average Bonchev–Trinajstić information content (AvgIpc) is 2.82. The van der Waals surface area contributed by atoms with Gasteiger partial charge in [-0.2, -0.15) is 0 Å². The Morgan fingerprint density at radius 2 is 1.81 bits per heavy atom. The van der Waals surface area contributed by atoms with Gasteiger partial charge in [0.1, 0.15) is 11.6 Å². The molecule has 2 aromatic carbocycles. The average molecular weight is 455 g/mol. The Kier molecular flexibility index (Phi) is 6.23. The first-order chi connectivity index (χ1) is 12.6. The summed E-state index contributed by atoms with van der Waals surface area (Å²) in [5.41, 5.74) is -0.216. The molecule has 2 aliphatic rings. The Hall–Kier alpha value is -1.44. The third kappa shape index (κ3) is 3.77. The van der Waals surface area contributed by atoms with Crippen LogP contribution in [0.4, 0.5) is 8.78 Å². The number of thioether (sulfide) groups is 1. The summed E-state index contributed by atoms with van der Waals surface area (Å²) in [6.07, 6.45) is 1.89. The first kappa shape index (κ1) is 20.3. The molecule has 7 heteroatoms. The molecule has 2 aliphatic heterocycles. The largest absolute Gasteiger partial charge is 0.369 e. The van der Waals surface area contributed by atoms with Gasteiger partial charge in [0.05, 0.1) is 5.92 Å². The van der Waals surface area contributed by atoms with Crippen molar-refractivity contribution in [2.45, 2.75) is 24.5 Å². The van der Waals surface area contributed by atoms with Crippen LogP contribution in [0.25, 0.3) is 0 Å². The third-order valence-electron chi connectivity index (χ3n) is 5.03. The molecule has 2 heterocycles. The van der Waals surface area contributed by atoms with Crippen LogP contribution in [0.5, 0.6) is 0 Å². The Balaban J connectivity index is 0.00000210. The fourth-order valence-corrected chi connectivity index (χ4v) is 5.02. The standard InChI is InChI=1S/C20H20F2N2OS.BrH/c21-15-9-7-14(8-10-15)18(16-5-1-2-6-17(16)22)20(25)13-26-19-23-11-3-4-12-24(19)20;/h1-2,5-10,18,25H,3-4,11-13H2;1H. The van der Waals surface area contributed by atoms with Gasteiger partial charge >= 0.3 is 0 Å². The lowest BCUT2D eigenvalue weighted by Gasteiger charge is -2.40. The van der Waals surface area contributed by atoms with Crippen LogP contribution >= 0.6 is 28.7 Å². The normalized spacial score (nSPS) is 23.1. The highest BCUT2D eigenvalue weighted by Gasteiger charge is 2.50. The minimum absolute atomic E-state index is 0. The molecule has 0 saturated carbocycles. The van der Waals surface area contributed by atoms with Gasteiger partial charge in [-0.15, -0.1) is 17.0 Å². The van der Waals surface area contributed by atoms with E-state index in [4.69, 9.17) is 0 Å². The summed E-state index contributed by atoms with van der Waals surface area (Å²) in [6, 6.07) is 12.4. The smallest absolute Gasteiger partial charge is 0.161 e. The minimum Gasteiger partial charge on any atom is -0.369 e. The molecule has 2 unspecified atom stereocenters. The van der Waals surface area contributed by atoms with Crippen LogP contribution in [-0.2, 0) is 0 Å². The van der Waals surface area contributed by atoms with Crippen LogP contribution in [-0.4, -0.2) is 39.7 Å². The second-order valence-corrected chi connectivity index (χ2v) is 7.64. The zero-order valence-electron chi connectivity index (χ0n) is 14.6. The highest BCUT2D eigenvalue weighted by Crippen LogP contribution is 2.46. The fraction of sp³-hybridized carbons (Fsp3) is 0.350. The third-order valence-corrected chi connectivity index (χ3v) is 6.21. The number of amidine groups is 1. The van der Waals surface area contributed by atoms with E-state index in [0.29, 0.717) is 23.4 Å². The first-order valence-corrected chi connectivity index (χ1v) is 9.75. The van der Waals surface area contributed by atoms with Gasteiger partial charge in [0.2, 0.25) is 0 Å². The highest BCUT2D eigenvalue weighted by atomic mass is 79.9. The summed E-state index contributed by atoms with van der Waals surface area (Å²) < 4.78 is 28.1. The molecule has 0 bridgehead atoms. The number of aliphatic imine (C=N–C) groups is 1. The van der Waals surface area contributed by atoms with E-state index in [1.54, 1.807) is 30.3 Å². The van der Waals surface area contributed by atoms with Gasteiger partial charge in [-0.1, -0.05) is 42.1 Å². The zero-order valence-corrected chi connectivity index (χ0v) is 17.2. The molecule has 0 spiro atoms. The van der Waals surface area contributed by atoms with Crippen molar-refractivity contribution < 1.29 is 13.9 Å². The van der Waals surface area contributed by atoms with Crippen molar-refractivity contribution in [3.63, 3.8) is 0 Å². The van der Waals surface area contributed by atoms with Crippen LogP contribution in [0.15, 0.2) is 53.5 Å². The Labute approximate surface area is 172 Å². The number of hydrogen-bond donors (Lipinski definition) is 1. The van der Waals surface area contributed by atoms with Crippen molar-refractivity contribution in [1.29, 1.82) is 0 Å². The monoisotopic (exact) mass is 454 g/mol. The topological polar surface area (TPSA) is 35.8 Å². The highest BCUT2D eigenvalue weighted by molar-refractivity contribution is 8.93. The van der Waals surface area contributed by atoms with Crippen LogP contribution in [0, 0.1) is 11.6 Å². The molecular formula is C20H21BrF2N2OS. The number of benzene rings is 2. The Morgan fingerprint density at radius 1 is 1.07 bits per heavy atom. The van der Waals surface area contributed by atoms with Crippen LogP contribution in [0.1, 0.15) is 29.9 Å². The molecule has 0 radical (unpaired) electrons. The molecule has 3 nitrogen and oxygen atoms in total. The number of rotatable bonds is 3. The Bertz CT molecular complexity index is 833. The lowest BCUT2D eigenvalue weighted by atomic mass is 9.82. The molecule has 0 aliphatic carbocycles. The van der Waals surface area contributed by atoms with E-state index in [1.807, 2.05) is 4.90 Å². The number of nitrogens with zero attached hydrogens (tertiary/aromatic N) is 2. The van der Waals surface area contributed by atoms with E-state index in [9.17, 15) is 13.9 Å². The van der Waals surface area contributed by atoms with E-state index >= 15 is 0 Å². The summed E-state index contributed by atoms with van der Waals surface area (Å²) in [7, 11) is 0. The molecule has 2 aromatic rings. The molecule has 4 rings (SSSR count). The summed E-state index contributed by atoms with van der Waals surface area (Å²) in [5.74, 6) is -0.976. The SMILES string of the molecule is Br.OC1(C(c2ccc(F)cc2)c2ccccc2F)CSC2=NCCCCN21. The molecule has 0 aromatic heterocycles. The molecule has 1 saturated heterocycles. The molecule has 2 atom stereocenters. The number of aliphatic hydroxyl groups is 1. The maximum Gasteiger partial charge on any atom is 0.161 e. The van der Waals surface area contributed by atoms with E-state index in [-0.39, 0.29) is 28.6 Å². The van der Waals surface area contributed by atoms with Crippen LogP contribution in [0.3, 0.4) is 0 Å². The zero-order chi connectivity index (χ0) is 18.1. The summed E-state index contributed by atoms with van der Waals surface area (Å²) in [6.45, 7) is 1.42. The lowest BCUT2D eigenvalue weighted by molar-refractivity contribution is -0.0559. The van der Waals surface area contributed by atoms with Gasteiger partial charge in [-0.3, -0.25) is 4.99 Å². The van der Waals surface area contributed by atoms with Crippen molar-refractivity contribution in [3.8, 4) is 0 Å². The van der Waals surface area contributed by atoms with Crippen molar-refractivity contribution in [3.05, 3.63) is 71.3 Å². The van der Waals surface area contributed by atoms with E-state index in [2.05, 4.69) is 4.99 Å². The molecular weight excluding hydrogens is 434 g/mol. The second-order valence-electron chi connectivity index (χ2n) is 6.70.